The third-order valence-corrected chi connectivity index (χ3v) is 4.97. The van der Waals surface area contributed by atoms with Crippen LogP contribution < -0.4 is 5.32 Å². The number of piperazine rings is 2. The Morgan fingerprint density at radius 2 is 1.75 bits per heavy atom. The first-order valence-electron chi connectivity index (χ1n) is 7.91. The minimum absolute atomic E-state index is 0.498. The van der Waals surface area contributed by atoms with Crippen LogP contribution in [0.15, 0.2) is 30.3 Å². The topological polar surface area (TPSA) is 21.8 Å². The van der Waals surface area contributed by atoms with Crippen molar-refractivity contribution in [2.45, 2.75) is 25.3 Å². The Bertz CT molecular complexity index is 440. The van der Waals surface area contributed by atoms with Crippen molar-refractivity contribution >= 4 is 0 Å². The van der Waals surface area contributed by atoms with Crippen LogP contribution in [0, 0.1) is 0 Å². The average Bonchev–Trinajstić information content (AvgIpc) is 2.51. The Kier molecular flexibility index (Phi) is 3.48. The van der Waals surface area contributed by atoms with Crippen LogP contribution in [0.5, 0.6) is 0 Å². The van der Waals surface area contributed by atoms with Crippen molar-refractivity contribution in [1.82, 2.24) is 20.0 Å². The molecule has 0 aliphatic carbocycles. The summed E-state index contributed by atoms with van der Waals surface area (Å²) in [5.74, 6) is 0. The maximum atomic E-state index is 3.76. The molecule has 0 saturated carbocycles. The molecular weight excluding hydrogens is 248 g/mol. The lowest BCUT2D eigenvalue weighted by atomic mass is 10.0. The van der Waals surface area contributed by atoms with E-state index in [1.54, 1.807) is 0 Å². The second-order valence-corrected chi connectivity index (χ2v) is 6.19. The molecule has 3 saturated heterocycles. The van der Waals surface area contributed by atoms with Crippen molar-refractivity contribution in [3.8, 4) is 0 Å². The van der Waals surface area contributed by atoms with Crippen molar-refractivity contribution in [1.29, 1.82) is 0 Å². The Morgan fingerprint density at radius 1 is 0.950 bits per heavy atom. The van der Waals surface area contributed by atoms with Gasteiger partial charge in [0, 0.05) is 45.8 Å². The van der Waals surface area contributed by atoms with Gasteiger partial charge >= 0.3 is 0 Å². The summed E-state index contributed by atoms with van der Waals surface area (Å²) < 4.78 is 0. The highest BCUT2D eigenvalue weighted by molar-refractivity contribution is 5.15. The molecule has 0 amide bonds. The van der Waals surface area contributed by atoms with E-state index in [0.717, 1.165) is 13.1 Å². The lowest BCUT2D eigenvalue weighted by Gasteiger charge is -2.56. The zero-order chi connectivity index (χ0) is 13.4. The van der Waals surface area contributed by atoms with E-state index in [4.69, 9.17) is 0 Å². The molecule has 3 fully saturated rings. The minimum atomic E-state index is 0.498. The zero-order valence-corrected chi connectivity index (χ0v) is 12.0. The maximum Gasteiger partial charge on any atom is 0.0920 e. The number of hydrogen-bond donors (Lipinski definition) is 1. The van der Waals surface area contributed by atoms with Crippen molar-refractivity contribution < 1.29 is 0 Å². The molecule has 0 aromatic heterocycles. The molecule has 0 bridgehead atoms. The molecular formula is C16H24N4. The van der Waals surface area contributed by atoms with Gasteiger partial charge < -0.3 is 0 Å². The van der Waals surface area contributed by atoms with Crippen molar-refractivity contribution in [2.24, 2.45) is 0 Å². The Balaban J connectivity index is 1.53. The van der Waals surface area contributed by atoms with E-state index in [-0.39, 0.29) is 0 Å². The van der Waals surface area contributed by atoms with Gasteiger partial charge in [0.1, 0.15) is 0 Å². The van der Waals surface area contributed by atoms with E-state index < -0.39 is 0 Å². The molecule has 108 valence electrons. The highest BCUT2D eigenvalue weighted by atomic mass is 15.5. The third kappa shape index (κ3) is 2.27. The number of rotatable bonds is 2. The van der Waals surface area contributed by atoms with Gasteiger partial charge in [0.15, 0.2) is 0 Å². The van der Waals surface area contributed by atoms with Gasteiger partial charge in [0.2, 0.25) is 0 Å². The molecule has 1 aromatic rings. The van der Waals surface area contributed by atoms with E-state index in [0.29, 0.717) is 12.3 Å². The summed E-state index contributed by atoms with van der Waals surface area (Å²) in [7, 11) is 0. The van der Waals surface area contributed by atoms with Gasteiger partial charge in [-0.05, 0) is 12.0 Å². The number of nitrogens with zero attached hydrogens (tertiary/aromatic N) is 3. The van der Waals surface area contributed by atoms with Crippen molar-refractivity contribution in [2.75, 3.05) is 39.3 Å². The van der Waals surface area contributed by atoms with Gasteiger partial charge in [-0.1, -0.05) is 30.3 Å². The predicted octanol–water partition coefficient (Wildman–Crippen LogP) is 0.765. The van der Waals surface area contributed by atoms with Crippen LogP contribution >= 0.6 is 0 Å². The minimum Gasteiger partial charge on any atom is -0.298 e. The molecule has 0 spiro atoms. The number of benzene rings is 1. The zero-order valence-electron chi connectivity index (χ0n) is 12.0. The monoisotopic (exact) mass is 272 g/mol. The Hall–Kier alpha value is -0.940. The maximum absolute atomic E-state index is 3.76. The summed E-state index contributed by atoms with van der Waals surface area (Å²) in [5.41, 5.74) is 1.43. The molecule has 20 heavy (non-hydrogen) atoms. The summed E-state index contributed by atoms with van der Waals surface area (Å²) in [6.45, 7) is 8.34. The second-order valence-electron chi connectivity index (χ2n) is 6.19. The van der Waals surface area contributed by atoms with E-state index in [2.05, 4.69) is 50.3 Å². The molecule has 1 N–H and O–H groups in total. The van der Waals surface area contributed by atoms with Gasteiger partial charge in [0.05, 0.1) is 12.3 Å². The molecule has 3 aliphatic rings. The van der Waals surface area contributed by atoms with Crippen LogP contribution in [-0.4, -0.2) is 66.3 Å². The predicted molar refractivity (Wildman–Crippen MR) is 80.2 cm³/mol. The Labute approximate surface area is 121 Å². The molecule has 4 nitrogen and oxygen atoms in total. The first-order valence-corrected chi connectivity index (χ1v) is 7.91. The summed E-state index contributed by atoms with van der Waals surface area (Å²) in [6, 6.07) is 10.9. The molecule has 1 aromatic carbocycles. The van der Waals surface area contributed by atoms with Gasteiger partial charge in [-0.25, -0.2) is 0 Å². The van der Waals surface area contributed by atoms with E-state index in [1.807, 2.05) is 0 Å². The van der Waals surface area contributed by atoms with Gasteiger partial charge in [-0.3, -0.25) is 20.0 Å². The first-order chi connectivity index (χ1) is 9.92. The molecule has 3 aliphatic heterocycles. The quantitative estimate of drug-likeness (QED) is 0.858. The van der Waals surface area contributed by atoms with Crippen molar-refractivity contribution in [3.63, 3.8) is 0 Å². The van der Waals surface area contributed by atoms with Crippen LogP contribution in [0.25, 0.3) is 0 Å². The molecule has 2 atom stereocenters. The van der Waals surface area contributed by atoms with Gasteiger partial charge in [-0.15, -0.1) is 0 Å². The van der Waals surface area contributed by atoms with Crippen LogP contribution in [0.2, 0.25) is 0 Å². The van der Waals surface area contributed by atoms with E-state index >= 15 is 0 Å². The normalized spacial score (nSPS) is 32.0. The fourth-order valence-corrected chi connectivity index (χ4v) is 4.03. The molecule has 4 heteroatoms. The summed E-state index contributed by atoms with van der Waals surface area (Å²) in [5, 5.41) is 3.76. The highest BCUT2D eigenvalue weighted by Crippen LogP contribution is 2.26. The first kappa shape index (κ1) is 12.8. The van der Waals surface area contributed by atoms with Crippen LogP contribution in [0.1, 0.15) is 12.0 Å². The fourth-order valence-electron chi connectivity index (χ4n) is 4.03. The SMILES string of the molecule is c1ccc(CN2CCN3CCCN4CCNC2C43)cc1. The number of hydrogen-bond acceptors (Lipinski definition) is 4. The van der Waals surface area contributed by atoms with Crippen LogP contribution in [-0.2, 0) is 6.54 Å². The molecule has 3 heterocycles. The molecule has 0 radical (unpaired) electrons. The molecule has 2 unspecified atom stereocenters. The summed E-state index contributed by atoms with van der Waals surface area (Å²) in [6.07, 6.45) is 2.43. The third-order valence-electron chi connectivity index (χ3n) is 4.97. The smallest absolute Gasteiger partial charge is 0.0920 e. The largest absolute Gasteiger partial charge is 0.298 e. The lowest BCUT2D eigenvalue weighted by molar-refractivity contribution is -0.117. The standard InChI is InChI=1S/C16H24N4/c1-2-5-14(6-3-1)13-20-12-11-19-9-4-8-18-10-7-17-15(20)16(18)19/h1-3,5-6,15-17H,4,7-13H2. The van der Waals surface area contributed by atoms with E-state index in [9.17, 15) is 0 Å². The lowest BCUT2D eigenvalue weighted by Crippen LogP contribution is -2.74. The van der Waals surface area contributed by atoms with Crippen LogP contribution in [0.3, 0.4) is 0 Å². The van der Waals surface area contributed by atoms with E-state index in [1.165, 1.54) is 44.7 Å². The van der Waals surface area contributed by atoms with Gasteiger partial charge in [-0.2, -0.15) is 0 Å². The second kappa shape index (κ2) is 5.45. The van der Waals surface area contributed by atoms with Crippen molar-refractivity contribution in [3.05, 3.63) is 35.9 Å². The molecule has 4 rings (SSSR count). The summed E-state index contributed by atoms with van der Waals surface area (Å²) in [4.78, 5) is 8.00. The fraction of sp³-hybridized carbons (Fsp3) is 0.625. The number of nitrogens with one attached hydrogen (secondary N) is 1. The van der Waals surface area contributed by atoms with Gasteiger partial charge in [0.25, 0.3) is 0 Å². The highest BCUT2D eigenvalue weighted by Gasteiger charge is 2.43. The Morgan fingerprint density at radius 3 is 2.60 bits per heavy atom. The average molecular weight is 272 g/mol. The van der Waals surface area contributed by atoms with Crippen LogP contribution in [0.4, 0.5) is 0 Å². The summed E-state index contributed by atoms with van der Waals surface area (Å²) >= 11 is 0.